The molecule has 2 heterocycles. The van der Waals surface area contributed by atoms with Gasteiger partial charge in [-0.2, -0.15) is 4.31 Å². The summed E-state index contributed by atoms with van der Waals surface area (Å²) < 4.78 is 33.1. The number of ketones is 1. The van der Waals surface area contributed by atoms with Gasteiger partial charge < -0.3 is 9.73 Å². The van der Waals surface area contributed by atoms with Crippen molar-refractivity contribution in [1.82, 2.24) is 9.29 Å². The predicted octanol–water partition coefficient (Wildman–Crippen LogP) is 5.21. The Kier molecular flexibility index (Phi) is 6.40. The maximum Gasteiger partial charge on any atom is 0.243 e. The second-order valence-electron chi connectivity index (χ2n) is 8.95. The van der Waals surface area contributed by atoms with E-state index in [4.69, 9.17) is 4.42 Å². The minimum absolute atomic E-state index is 0.0956. The number of para-hydroxylation sites is 2. The van der Waals surface area contributed by atoms with E-state index in [1.54, 1.807) is 12.1 Å². The van der Waals surface area contributed by atoms with E-state index < -0.39 is 10.0 Å². The standard InChI is InChI=1S/C27H27N3O4S/c1-19-14-16-30(17-15-19)35(32,33)23-12-8-20(9-13-23)25(31)18-28-22-10-6-21(7-11-22)27-29-24-4-2-3-5-26(24)34-27/h2-13,19,28H,14-18H2,1H3. The van der Waals surface area contributed by atoms with Crippen molar-refractivity contribution in [2.45, 2.75) is 24.7 Å². The number of sulfonamides is 1. The summed E-state index contributed by atoms with van der Waals surface area (Å²) in [4.78, 5) is 17.4. The van der Waals surface area contributed by atoms with Crippen LogP contribution in [0.1, 0.15) is 30.1 Å². The van der Waals surface area contributed by atoms with Crippen molar-refractivity contribution in [3.63, 3.8) is 0 Å². The number of anilines is 1. The van der Waals surface area contributed by atoms with Gasteiger partial charge in [-0.25, -0.2) is 13.4 Å². The van der Waals surface area contributed by atoms with Crippen molar-refractivity contribution in [3.05, 3.63) is 78.4 Å². The van der Waals surface area contributed by atoms with E-state index in [2.05, 4.69) is 17.2 Å². The Morgan fingerprint density at radius 3 is 2.37 bits per heavy atom. The van der Waals surface area contributed by atoms with Crippen molar-refractivity contribution in [2.24, 2.45) is 5.92 Å². The average molecular weight is 490 g/mol. The van der Waals surface area contributed by atoms with Crippen LogP contribution in [0.4, 0.5) is 5.69 Å². The third kappa shape index (κ3) is 4.99. The number of nitrogens with one attached hydrogen (secondary N) is 1. The maximum atomic E-state index is 12.9. The average Bonchev–Trinajstić information content (AvgIpc) is 3.32. The lowest BCUT2D eigenvalue weighted by Gasteiger charge is -2.29. The molecule has 35 heavy (non-hydrogen) atoms. The van der Waals surface area contributed by atoms with Gasteiger partial charge in [-0.15, -0.1) is 0 Å². The van der Waals surface area contributed by atoms with Crippen molar-refractivity contribution in [1.29, 1.82) is 0 Å². The highest BCUT2D eigenvalue weighted by Crippen LogP contribution is 2.26. The highest BCUT2D eigenvalue weighted by atomic mass is 32.2. The van der Waals surface area contributed by atoms with Gasteiger partial charge in [-0.3, -0.25) is 4.79 Å². The van der Waals surface area contributed by atoms with Gasteiger partial charge in [0.1, 0.15) is 5.52 Å². The molecule has 0 aliphatic carbocycles. The van der Waals surface area contributed by atoms with Gasteiger partial charge in [0, 0.05) is 29.9 Å². The number of hydrogen-bond donors (Lipinski definition) is 1. The second-order valence-corrected chi connectivity index (χ2v) is 10.9. The summed E-state index contributed by atoms with van der Waals surface area (Å²) in [6, 6.07) is 21.3. The van der Waals surface area contributed by atoms with E-state index in [1.807, 2.05) is 48.5 Å². The number of carbonyl (C=O) groups excluding carboxylic acids is 1. The van der Waals surface area contributed by atoms with Gasteiger partial charge in [-0.05, 0) is 79.4 Å². The molecule has 0 unspecified atom stereocenters. The summed E-state index contributed by atoms with van der Waals surface area (Å²) in [5.74, 6) is 0.971. The van der Waals surface area contributed by atoms with Crippen molar-refractivity contribution < 1.29 is 17.6 Å². The summed E-state index contributed by atoms with van der Waals surface area (Å²) in [7, 11) is -3.53. The highest BCUT2D eigenvalue weighted by molar-refractivity contribution is 7.89. The minimum Gasteiger partial charge on any atom is -0.436 e. The van der Waals surface area contributed by atoms with Crippen molar-refractivity contribution in [2.75, 3.05) is 25.0 Å². The number of benzene rings is 3. The smallest absolute Gasteiger partial charge is 0.243 e. The molecule has 1 aliphatic rings. The number of oxazole rings is 1. The molecular formula is C27H27N3O4S. The molecule has 1 N–H and O–H groups in total. The first-order valence-electron chi connectivity index (χ1n) is 11.7. The fourth-order valence-electron chi connectivity index (χ4n) is 4.20. The SMILES string of the molecule is CC1CCN(S(=O)(=O)c2ccc(C(=O)CNc3ccc(-c4nc5ccccc5o4)cc3)cc2)CC1. The number of rotatable bonds is 7. The molecule has 0 bridgehead atoms. The van der Waals surface area contributed by atoms with E-state index in [9.17, 15) is 13.2 Å². The van der Waals surface area contributed by atoms with Crippen LogP contribution < -0.4 is 5.32 Å². The summed E-state index contributed by atoms with van der Waals surface area (Å²) in [6.45, 7) is 3.32. The lowest BCUT2D eigenvalue weighted by Crippen LogP contribution is -2.37. The Morgan fingerprint density at radius 1 is 1.00 bits per heavy atom. The van der Waals surface area contributed by atoms with E-state index in [0.29, 0.717) is 30.5 Å². The van der Waals surface area contributed by atoms with Crippen LogP contribution >= 0.6 is 0 Å². The molecular weight excluding hydrogens is 462 g/mol. The van der Waals surface area contributed by atoms with E-state index in [1.165, 1.54) is 16.4 Å². The zero-order chi connectivity index (χ0) is 24.4. The molecule has 0 radical (unpaired) electrons. The fourth-order valence-corrected chi connectivity index (χ4v) is 5.67. The van der Waals surface area contributed by atoms with Gasteiger partial charge in [0.05, 0.1) is 11.4 Å². The third-order valence-corrected chi connectivity index (χ3v) is 8.35. The number of fused-ring (bicyclic) bond motifs is 1. The molecule has 1 aliphatic heterocycles. The number of carbonyl (C=O) groups is 1. The zero-order valence-corrected chi connectivity index (χ0v) is 20.3. The van der Waals surface area contributed by atoms with Crippen LogP contribution in [-0.2, 0) is 10.0 Å². The van der Waals surface area contributed by atoms with Gasteiger partial charge >= 0.3 is 0 Å². The first-order valence-corrected chi connectivity index (χ1v) is 13.2. The molecule has 1 aromatic heterocycles. The van der Waals surface area contributed by atoms with Crippen LogP contribution in [0.25, 0.3) is 22.6 Å². The Bertz CT molecular complexity index is 1400. The van der Waals surface area contributed by atoms with Gasteiger partial charge in [0.15, 0.2) is 11.4 Å². The summed E-state index contributed by atoms with van der Waals surface area (Å²) in [5, 5.41) is 3.12. The fraction of sp³-hybridized carbons (Fsp3) is 0.259. The van der Waals surface area contributed by atoms with Crippen LogP contribution in [0.15, 0.2) is 82.1 Å². The lowest BCUT2D eigenvalue weighted by molar-refractivity contribution is 0.101. The van der Waals surface area contributed by atoms with E-state index >= 15 is 0 Å². The third-order valence-electron chi connectivity index (χ3n) is 6.44. The maximum absolute atomic E-state index is 12.9. The van der Waals surface area contributed by atoms with Gasteiger partial charge in [-0.1, -0.05) is 19.1 Å². The van der Waals surface area contributed by atoms with Crippen LogP contribution in [0, 0.1) is 5.92 Å². The first kappa shape index (κ1) is 23.3. The summed E-state index contributed by atoms with van der Waals surface area (Å²) >= 11 is 0. The van der Waals surface area contributed by atoms with Crippen LogP contribution in [-0.4, -0.2) is 43.1 Å². The lowest BCUT2D eigenvalue weighted by atomic mass is 10.0. The van der Waals surface area contributed by atoms with Crippen molar-refractivity contribution in [3.8, 4) is 11.5 Å². The Morgan fingerprint density at radius 2 is 1.69 bits per heavy atom. The topological polar surface area (TPSA) is 92.5 Å². The number of nitrogens with zero attached hydrogens (tertiary/aromatic N) is 2. The molecule has 3 aromatic carbocycles. The predicted molar refractivity (Wildman–Crippen MR) is 136 cm³/mol. The van der Waals surface area contributed by atoms with E-state index in [-0.39, 0.29) is 17.2 Å². The van der Waals surface area contributed by atoms with E-state index in [0.717, 1.165) is 35.2 Å². The van der Waals surface area contributed by atoms with Crippen LogP contribution in [0.3, 0.4) is 0 Å². The second kappa shape index (κ2) is 9.64. The molecule has 0 spiro atoms. The molecule has 8 heteroatoms. The first-order chi connectivity index (χ1) is 16.9. The Balaban J connectivity index is 1.20. The van der Waals surface area contributed by atoms with Crippen LogP contribution in [0.5, 0.6) is 0 Å². The molecule has 0 atom stereocenters. The van der Waals surface area contributed by atoms with Crippen LogP contribution in [0.2, 0.25) is 0 Å². The molecule has 1 fully saturated rings. The Labute approximate surface area is 204 Å². The molecule has 0 amide bonds. The number of hydrogen-bond acceptors (Lipinski definition) is 6. The molecule has 4 aromatic rings. The highest BCUT2D eigenvalue weighted by Gasteiger charge is 2.28. The summed E-state index contributed by atoms with van der Waals surface area (Å²) in [5.41, 5.74) is 3.64. The molecule has 7 nitrogen and oxygen atoms in total. The molecule has 1 saturated heterocycles. The molecule has 180 valence electrons. The van der Waals surface area contributed by atoms with Gasteiger partial charge in [0.2, 0.25) is 15.9 Å². The number of aromatic nitrogens is 1. The zero-order valence-electron chi connectivity index (χ0n) is 19.5. The van der Waals surface area contributed by atoms with Gasteiger partial charge in [0.25, 0.3) is 0 Å². The normalized spacial score (nSPS) is 15.3. The largest absolute Gasteiger partial charge is 0.436 e. The Hall–Kier alpha value is -3.49. The monoisotopic (exact) mass is 489 g/mol. The molecule has 5 rings (SSSR count). The quantitative estimate of drug-likeness (QED) is 0.358. The summed E-state index contributed by atoms with van der Waals surface area (Å²) in [6.07, 6.45) is 1.74. The number of piperidine rings is 1. The van der Waals surface area contributed by atoms with Crippen molar-refractivity contribution >= 4 is 32.6 Å². The minimum atomic E-state index is -3.53. The molecule has 0 saturated carbocycles. The number of Topliss-reactive ketones (excluding diaryl/α,β-unsaturated/α-hetero) is 1.